The minimum atomic E-state index is -5.35. The lowest BCUT2D eigenvalue weighted by Gasteiger charge is -2.16. The van der Waals surface area contributed by atoms with Crippen LogP contribution in [0, 0.1) is 0 Å². The third-order valence-corrected chi connectivity index (χ3v) is 4.49. The third-order valence-electron chi connectivity index (χ3n) is 3.12. The van der Waals surface area contributed by atoms with Crippen molar-refractivity contribution in [2.45, 2.75) is 17.2 Å². The smallest absolute Gasteiger partial charge is 0.418 e. The number of nitrogens with zero attached hydrogens (tertiary/aromatic N) is 1. The van der Waals surface area contributed by atoms with E-state index in [2.05, 4.69) is 4.98 Å². The Morgan fingerprint density at radius 2 is 1.50 bits per heavy atom. The number of methoxy groups -OCH3 is 1. The number of benzene rings is 1. The molecule has 26 heavy (non-hydrogen) atoms. The molecule has 0 aliphatic rings. The van der Waals surface area contributed by atoms with Gasteiger partial charge in [-0.15, -0.1) is 0 Å². The summed E-state index contributed by atoms with van der Waals surface area (Å²) < 4.78 is 108. The van der Waals surface area contributed by atoms with Gasteiger partial charge in [0.2, 0.25) is 0 Å². The Morgan fingerprint density at radius 1 is 0.962 bits per heavy atom. The molecule has 2 rings (SSSR count). The first-order valence-electron chi connectivity index (χ1n) is 6.66. The maximum Gasteiger partial charge on any atom is 0.418 e. The first kappa shape index (κ1) is 19.8. The van der Waals surface area contributed by atoms with Crippen LogP contribution >= 0.6 is 0 Å². The molecular weight excluding hydrogens is 390 g/mol. The molecule has 0 amide bonds. The molecule has 0 aliphatic heterocycles. The number of aromatic nitrogens is 1. The van der Waals surface area contributed by atoms with Gasteiger partial charge in [-0.25, -0.2) is 13.4 Å². The number of hydrogen-bond donors (Lipinski definition) is 1. The van der Waals surface area contributed by atoms with Crippen LogP contribution in [0.5, 0.6) is 5.75 Å². The minimum absolute atomic E-state index is 0.0100. The van der Waals surface area contributed by atoms with Crippen LogP contribution in [0.4, 0.5) is 32.2 Å². The van der Waals surface area contributed by atoms with E-state index in [0.717, 1.165) is 12.1 Å². The highest BCUT2D eigenvalue weighted by molar-refractivity contribution is 7.92. The fourth-order valence-electron chi connectivity index (χ4n) is 1.92. The van der Waals surface area contributed by atoms with E-state index in [-0.39, 0.29) is 17.2 Å². The first-order chi connectivity index (χ1) is 11.8. The lowest BCUT2D eigenvalue weighted by Crippen LogP contribution is -2.19. The Labute approximate surface area is 143 Å². The van der Waals surface area contributed by atoms with Crippen molar-refractivity contribution in [2.24, 2.45) is 0 Å². The highest BCUT2D eigenvalue weighted by atomic mass is 32.2. The lowest BCUT2D eigenvalue weighted by atomic mass is 10.1. The van der Waals surface area contributed by atoms with Gasteiger partial charge in [0.15, 0.2) is 0 Å². The van der Waals surface area contributed by atoms with E-state index in [1.54, 1.807) is 4.72 Å². The molecule has 1 aromatic heterocycles. The Kier molecular flexibility index (Phi) is 5.08. The van der Waals surface area contributed by atoms with Crippen molar-refractivity contribution in [3.8, 4) is 5.75 Å². The van der Waals surface area contributed by atoms with Gasteiger partial charge >= 0.3 is 12.4 Å². The molecule has 0 bridgehead atoms. The molecule has 1 aromatic carbocycles. The van der Waals surface area contributed by atoms with Crippen molar-refractivity contribution in [3.05, 3.63) is 47.7 Å². The fourth-order valence-corrected chi connectivity index (χ4v) is 2.92. The summed E-state index contributed by atoms with van der Waals surface area (Å²) in [6.45, 7) is 0. The van der Waals surface area contributed by atoms with Crippen molar-refractivity contribution in [2.75, 3.05) is 11.8 Å². The molecule has 0 spiro atoms. The van der Waals surface area contributed by atoms with Crippen molar-refractivity contribution in [1.29, 1.82) is 0 Å². The Bertz CT molecular complexity index is 892. The molecule has 0 atom stereocenters. The van der Waals surface area contributed by atoms with Crippen molar-refractivity contribution < 1.29 is 39.5 Å². The third kappa shape index (κ3) is 4.36. The number of halogens is 6. The highest BCUT2D eigenvalue weighted by Gasteiger charge is 2.43. The van der Waals surface area contributed by atoms with Gasteiger partial charge in [-0.3, -0.25) is 4.72 Å². The Morgan fingerprint density at radius 3 is 1.96 bits per heavy atom. The van der Waals surface area contributed by atoms with Gasteiger partial charge in [-0.1, -0.05) is 0 Å². The van der Waals surface area contributed by atoms with Crippen molar-refractivity contribution in [3.63, 3.8) is 0 Å². The number of sulfonamides is 1. The number of rotatable bonds is 4. The van der Waals surface area contributed by atoms with Crippen LogP contribution in [0.3, 0.4) is 0 Å². The Hall–Kier alpha value is -2.50. The van der Waals surface area contributed by atoms with Gasteiger partial charge in [0.05, 0.1) is 23.1 Å². The summed E-state index contributed by atoms with van der Waals surface area (Å²) in [5, 5.41) is 0. The van der Waals surface area contributed by atoms with Crippen LogP contribution in [0.2, 0.25) is 0 Å². The second-order valence-corrected chi connectivity index (χ2v) is 6.57. The summed E-state index contributed by atoms with van der Waals surface area (Å²) in [6.07, 6.45) is -10.7. The van der Waals surface area contributed by atoms with Crippen LogP contribution in [0.25, 0.3) is 0 Å². The summed E-state index contributed by atoms with van der Waals surface area (Å²) in [4.78, 5) is 2.79. The molecule has 1 heterocycles. The summed E-state index contributed by atoms with van der Waals surface area (Å²) in [5.74, 6) is -0.572. The van der Waals surface area contributed by atoms with Crippen molar-refractivity contribution >= 4 is 15.8 Å². The number of pyridine rings is 1. The highest BCUT2D eigenvalue weighted by Crippen LogP contribution is 2.40. The zero-order chi connectivity index (χ0) is 19.8. The number of alkyl halides is 6. The molecule has 0 aliphatic carbocycles. The van der Waals surface area contributed by atoms with Gasteiger partial charge in [-0.05, 0) is 30.3 Å². The molecule has 0 unspecified atom stereocenters. The maximum atomic E-state index is 12.9. The largest absolute Gasteiger partial charge is 0.497 e. The summed E-state index contributed by atoms with van der Waals surface area (Å²) in [6, 6.07) is 4.78. The average molecular weight is 400 g/mol. The second-order valence-electron chi connectivity index (χ2n) is 4.89. The molecule has 142 valence electrons. The predicted octanol–water partition coefficient (Wildman–Crippen LogP) is 3.93. The molecular formula is C14H10F6N2O3S. The van der Waals surface area contributed by atoms with E-state index in [1.807, 2.05) is 0 Å². The topological polar surface area (TPSA) is 68.3 Å². The zero-order valence-corrected chi connectivity index (χ0v) is 13.6. The van der Waals surface area contributed by atoms with Crippen LogP contribution in [0.15, 0.2) is 41.4 Å². The van der Waals surface area contributed by atoms with E-state index >= 15 is 0 Å². The van der Waals surface area contributed by atoms with E-state index in [1.165, 1.54) is 19.2 Å². The molecule has 12 heteroatoms. The SMILES string of the molecule is COc1ccc(S(=O)(=O)Nc2cc(C(F)(F)F)c(C(F)(F)F)cn2)cc1. The molecule has 2 aromatic rings. The quantitative estimate of drug-likeness (QED) is 0.790. The molecule has 0 saturated carbocycles. The molecule has 0 radical (unpaired) electrons. The van der Waals surface area contributed by atoms with Gasteiger partial charge in [0.1, 0.15) is 11.6 Å². The average Bonchev–Trinajstić information content (AvgIpc) is 2.52. The number of ether oxygens (including phenoxy) is 1. The summed E-state index contributed by atoms with van der Waals surface area (Å²) in [5.41, 5.74) is -4.06. The van der Waals surface area contributed by atoms with E-state index < -0.39 is 39.3 Å². The summed E-state index contributed by atoms with van der Waals surface area (Å²) in [7, 11) is -3.03. The fraction of sp³-hybridized carbons (Fsp3) is 0.214. The van der Waals surface area contributed by atoms with Crippen LogP contribution < -0.4 is 9.46 Å². The lowest BCUT2D eigenvalue weighted by molar-refractivity contribution is -0.162. The van der Waals surface area contributed by atoms with E-state index in [9.17, 15) is 34.8 Å². The minimum Gasteiger partial charge on any atom is -0.497 e. The van der Waals surface area contributed by atoms with Gasteiger partial charge in [0, 0.05) is 6.20 Å². The standard InChI is InChI=1S/C14H10F6N2O3S/c1-25-8-2-4-9(5-3-8)26(23,24)22-12-6-10(13(15,16)17)11(7-21-12)14(18,19)20/h2-7H,1H3,(H,21,22). The number of hydrogen-bond acceptors (Lipinski definition) is 4. The van der Waals surface area contributed by atoms with Gasteiger partial charge in [0.25, 0.3) is 10.0 Å². The second kappa shape index (κ2) is 6.67. The maximum absolute atomic E-state index is 12.9. The first-order valence-corrected chi connectivity index (χ1v) is 8.14. The zero-order valence-electron chi connectivity index (χ0n) is 12.8. The molecule has 5 nitrogen and oxygen atoms in total. The number of nitrogens with one attached hydrogen (secondary N) is 1. The summed E-state index contributed by atoms with van der Waals surface area (Å²) >= 11 is 0. The van der Waals surface area contributed by atoms with Crippen LogP contribution in [0.1, 0.15) is 11.1 Å². The van der Waals surface area contributed by atoms with Crippen molar-refractivity contribution in [1.82, 2.24) is 4.98 Å². The van der Waals surface area contributed by atoms with Gasteiger partial charge < -0.3 is 4.74 Å². The molecule has 0 fully saturated rings. The predicted molar refractivity (Wildman–Crippen MR) is 78.0 cm³/mol. The monoisotopic (exact) mass is 400 g/mol. The van der Waals surface area contributed by atoms with Crippen LogP contribution in [-0.4, -0.2) is 20.5 Å². The molecule has 1 N–H and O–H groups in total. The number of anilines is 1. The van der Waals surface area contributed by atoms with E-state index in [0.29, 0.717) is 5.75 Å². The van der Waals surface area contributed by atoms with Gasteiger partial charge in [-0.2, -0.15) is 26.3 Å². The normalized spacial score (nSPS) is 12.7. The van der Waals surface area contributed by atoms with E-state index in [4.69, 9.17) is 4.74 Å². The molecule has 0 saturated heterocycles. The van der Waals surface area contributed by atoms with Crippen LogP contribution in [-0.2, 0) is 22.4 Å². The Balaban J connectivity index is 2.42.